The van der Waals surface area contributed by atoms with Crippen LogP contribution < -0.4 is 16.0 Å². The van der Waals surface area contributed by atoms with Gasteiger partial charge in [0, 0.05) is 30.8 Å². The number of hydrogen-bond donors (Lipinski definition) is 3. The largest absolute Gasteiger partial charge is 0.352 e. The zero-order valence-corrected chi connectivity index (χ0v) is 16.4. The lowest BCUT2D eigenvalue weighted by molar-refractivity contribution is -0.122. The summed E-state index contributed by atoms with van der Waals surface area (Å²) >= 11 is 0. The standard InChI is InChI=1S/C21H27N5O3/c27-19(11-6-12-22-21(29)16-7-2-1-3-8-16)25-18-13-23-26(14-18)15-20(28)24-17-9-4-5-10-17/h1-3,7-8,13-14,17H,4-6,9-12,15H2,(H,22,29)(H,24,28)(H,25,27). The minimum atomic E-state index is -0.158. The van der Waals surface area contributed by atoms with E-state index in [2.05, 4.69) is 21.0 Å². The summed E-state index contributed by atoms with van der Waals surface area (Å²) in [5.74, 6) is -0.371. The highest BCUT2D eigenvalue weighted by Crippen LogP contribution is 2.17. The number of aromatic nitrogens is 2. The topological polar surface area (TPSA) is 105 Å². The molecule has 154 valence electrons. The Morgan fingerprint density at radius 3 is 2.59 bits per heavy atom. The number of carbonyl (C=O) groups excluding carboxylic acids is 3. The van der Waals surface area contributed by atoms with E-state index in [9.17, 15) is 14.4 Å². The van der Waals surface area contributed by atoms with Crippen molar-refractivity contribution in [2.45, 2.75) is 51.1 Å². The number of rotatable bonds is 9. The summed E-state index contributed by atoms with van der Waals surface area (Å²) in [4.78, 5) is 36.0. The van der Waals surface area contributed by atoms with E-state index in [0.717, 1.165) is 12.8 Å². The van der Waals surface area contributed by atoms with Gasteiger partial charge in [0.15, 0.2) is 0 Å². The second-order valence-electron chi connectivity index (χ2n) is 7.25. The molecule has 1 heterocycles. The van der Waals surface area contributed by atoms with Crippen molar-refractivity contribution in [3.05, 3.63) is 48.3 Å². The van der Waals surface area contributed by atoms with Gasteiger partial charge in [-0.25, -0.2) is 0 Å². The van der Waals surface area contributed by atoms with Gasteiger partial charge in [-0.3, -0.25) is 19.1 Å². The third-order valence-corrected chi connectivity index (χ3v) is 4.85. The van der Waals surface area contributed by atoms with Gasteiger partial charge in [-0.2, -0.15) is 5.10 Å². The van der Waals surface area contributed by atoms with Crippen LogP contribution in [0.1, 0.15) is 48.9 Å². The van der Waals surface area contributed by atoms with Crippen molar-refractivity contribution in [3.8, 4) is 0 Å². The first-order valence-corrected chi connectivity index (χ1v) is 10.0. The van der Waals surface area contributed by atoms with Crippen LogP contribution in [0.3, 0.4) is 0 Å². The smallest absolute Gasteiger partial charge is 0.251 e. The van der Waals surface area contributed by atoms with Crippen LogP contribution in [0.15, 0.2) is 42.7 Å². The molecular weight excluding hydrogens is 370 g/mol. The van der Waals surface area contributed by atoms with Crippen molar-refractivity contribution < 1.29 is 14.4 Å². The molecule has 1 aromatic heterocycles. The maximum absolute atomic E-state index is 12.0. The van der Waals surface area contributed by atoms with Gasteiger partial charge in [0.25, 0.3) is 5.91 Å². The molecule has 0 aliphatic heterocycles. The maximum Gasteiger partial charge on any atom is 0.251 e. The molecule has 8 nitrogen and oxygen atoms in total. The Morgan fingerprint density at radius 2 is 1.83 bits per heavy atom. The third-order valence-electron chi connectivity index (χ3n) is 4.85. The van der Waals surface area contributed by atoms with Gasteiger partial charge in [0.05, 0.1) is 11.9 Å². The highest BCUT2D eigenvalue weighted by atomic mass is 16.2. The van der Waals surface area contributed by atoms with Crippen LogP contribution in [0.2, 0.25) is 0 Å². The minimum absolute atomic E-state index is 0.0629. The molecule has 29 heavy (non-hydrogen) atoms. The molecule has 1 saturated carbocycles. The summed E-state index contributed by atoms with van der Waals surface area (Å²) < 4.78 is 1.51. The summed E-state index contributed by atoms with van der Waals surface area (Å²) in [6, 6.07) is 9.23. The van der Waals surface area contributed by atoms with Gasteiger partial charge in [0.2, 0.25) is 11.8 Å². The molecule has 3 N–H and O–H groups in total. The SMILES string of the molecule is O=C(CCCNC(=O)c1ccccc1)Nc1cnn(CC(=O)NC2CCCC2)c1. The van der Waals surface area contributed by atoms with Crippen molar-refractivity contribution in [1.29, 1.82) is 0 Å². The lowest BCUT2D eigenvalue weighted by Gasteiger charge is -2.11. The van der Waals surface area contributed by atoms with Crippen molar-refractivity contribution >= 4 is 23.4 Å². The Bertz CT molecular complexity index is 828. The zero-order valence-electron chi connectivity index (χ0n) is 16.4. The first kappa shape index (κ1) is 20.6. The minimum Gasteiger partial charge on any atom is -0.352 e. The lowest BCUT2D eigenvalue weighted by atomic mass is 10.2. The number of amides is 3. The molecule has 1 aliphatic carbocycles. The van der Waals surface area contributed by atoms with E-state index in [1.165, 1.54) is 23.7 Å². The summed E-state index contributed by atoms with van der Waals surface area (Å²) in [5, 5.41) is 12.7. The number of benzene rings is 1. The fourth-order valence-electron chi connectivity index (χ4n) is 3.37. The monoisotopic (exact) mass is 397 g/mol. The van der Waals surface area contributed by atoms with Gasteiger partial charge in [-0.1, -0.05) is 31.0 Å². The summed E-state index contributed by atoms with van der Waals surface area (Å²) in [6.45, 7) is 0.555. The number of nitrogens with one attached hydrogen (secondary N) is 3. The Kier molecular flexibility index (Phi) is 7.38. The summed E-state index contributed by atoms with van der Waals surface area (Å²) in [5.41, 5.74) is 1.15. The van der Waals surface area contributed by atoms with E-state index in [1.807, 2.05) is 6.07 Å². The van der Waals surface area contributed by atoms with E-state index in [0.29, 0.717) is 24.2 Å². The van der Waals surface area contributed by atoms with Gasteiger partial charge in [0.1, 0.15) is 6.54 Å². The molecule has 3 amide bonds. The van der Waals surface area contributed by atoms with Crippen LogP contribution >= 0.6 is 0 Å². The van der Waals surface area contributed by atoms with Crippen LogP contribution in [0, 0.1) is 0 Å². The molecule has 1 fully saturated rings. The van der Waals surface area contributed by atoms with E-state index in [4.69, 9.17) is 0 Å². The fraction of sp³-hybridized carbons (Fsp3) is 0.429. The molecule has 1 aliphatic rings. The summed E-state index contributed by atoms with van der Waals surface area (Å²) in [6.07, 6.45) is 8.39. The second-order valence-corrected chi connectivity index (χ2v) is 7.25. The number of anilines is 1. The van der Waals surface area contributed by atoms with Crippen LogP contribution in [-0.4, -0.2) is 40.1 Å². The zero-order chi connectivity index (χ0) is 20.5. The Morgan fingerprint density at radius 1 is 1.07 bits per heavy atom. The third kappa shape index (κ3) is 6.74. The van der Waals surface area contributed by atoms with Crippen LogP contribution in [-0.2, 0) is 16.1 Å². The molecule has 0 atom stereocenters. The normalized spacial score (nSPS) is 13.8. The molecule has 8 heteroatoms. The van der Waals surface area contributed by atoms with Crippen molar-refractivity contribution in [3.63, 3.8) is 0 Å². The molecule has 0 bridgehead atoms. The Hall–Kier alpha value is -3.16. The maximum atomic E-state index is 12.0. The molecule has 0 unspecified atom stereocenters. The van der Waals surface area contributed by atoms with Crippen molar-refractivity contribution in [1.82, 2.24) is 20.4 Å². The molecule has 2 aromatic rings. The quantitative estimate of drug-likeness (QED) is 0.564. The van der Waals surface area contributed by atoms with Crippen LogP contribution in [0.5, 0.6) is 0 Å². The first-order chi connectivity index (χ1) is 14.1. The van der Waals surface area contributed by atoms with E-state index in [-0.39, 0.29) is 36.7 Å². The molecule has 0 radical (unpaired) electrons. The molecular formula is C21H27N5O3. The van der Waals surface area contributed by atoms with Gasteiger partial charge in [-0.15, -0.1) is 0 Å². The van der Waals surface area contributed by atoms with Crippen molar-refractivity contribution in [2.75, 3.05) is 11.9 Å². The summed E-state index contributed by atoms with van der Waals surface area (Å²) in [7, 11) is 0. The van der Waals surface area contributed by atoms with Gasteiger partial charge >= 0.3 is 0 Å². The Labute approximate surface area is 170 Å². The molecule has 0 spiro atoms. The highest BCUT2D eigenvalue weighted by Gasteiger charge is 2.17. The number of hydrogen-bond acceptors (Lipinski definition) is 4. The van der Waals surface area contributed by atoms with E-state index >= 15 is 0 Å². The second kappa shape index (κ2) is 10.4. The predicted octanol–water partition coefficient (Wildman–Crippen LogP) is 2.09. The first-order valence-electron chi connectivity index (χ1n) is 10.0. The Balaban J connectivity index is 1.33. The van der Waals surface area contributed by atoms with Crippen molar-refractivity contribution in [2.24, 2.45) is 0 Å². The number of carbonyl (C=O) groups is 3. The van der Waals surface area contributed by atoms with E-state index in [1.54, 1.807) is 30.5 Å². The average Bonchev–Trinajstić information content (AvgIpc) is 3.38. The average molecular weight is 397 g/mol. The highest BCUT2D eigenvalue weighted by molar-refractivity contribution is 5.94. The lowest BCUT2D eigenvalue weighted by Crippen LogP contribution is -2.35. The molecule has 3 rings (SSSR count). The van der Waals surface area contributed by atoms with Gasteiger partial charge < -0.3 is 16.0 Å². The van der Waals surface area contributed by atoms with Crippen LogP contribution in [0.4, 0.5) is 5.69 Å². The van der Waals surface area contributed by atoms with Crippen LogP contribution in [0.25, 0.3) is 0 Å². The van der Waals surface area contributed by atoms with Gasteiger partial charge in [-0.05, 0) is 31.4 Å². The molecule has 1 aromatic carbocycles. The fourth-order valence-corrected chi connectivity index (χ4v) is 3.37. The predicted molar refractivity (Wildman–Crippen MR) is 109 cm³/mol. The van der Waals surface area contributed by atoms with E-state index < -0.39 is 0 Å². The molecule has 0 saturated heterocycles. The number of nitrogens with zero attached hydrogens (tertiary/aromatic N) is 2.